The van der Waals surface area contributed by atoms with Gasteiger partial charge in [0.25, 0.3) is 11.5 Å². The van der Waals surface area contributed by atoms with Crippen LogP contribution in [-0.4, -0.2) is 10.5 Å². The lowest BCUT2D eigenvalue weighted by molar-refractivity contribution is 0.102. The zero-order valence-electron chi connectivity index (χ0n) is 13.6. The van der Waals surface area contributed by atoms with E-state index in [1.807, 2.05) is 13.8 Å². The maximum absolute atomic E-state index is 12.9. The zero-order chi connectivity index (χ0) is 17.0. The Balaban J connectivity index is 2.32. The highest BCUT2D eigenvalue weighted by molar-refractivity contribution is 6.04. The lowest BCUT2D eigenvalue weighted by atomic mass is 10.1. The molecule has 0 spiro atoms. The van der Waals surface area contributed by atoms with Gasteiger partial charge in [0.2, 0.25) is 0 Å². The minimum atomic E-state index is -0.424. The summed E-state index contributed by atoms with van der Waals surface area (Å²) < 4.78 is 14.6. The van der Waals surface area contributed by atoms with Gasteiger partial charge in [0, 0.05) is 17.8 Å². The highest BCUT2D eigenvalue weighted by Gasteiger charge is 2.13. The van der Waals surface area contributed by atoms with Gasteiger partial charge in [0.1, 0.15) is 11.5 Å². The first-order valence-corrected chi connectivity index (χ1v) is 7.72. The molecular weight excluding hydrogens is 295 g/mol. The predicted molar refractivity (Wildman–Crippen MR) is 89.4 cm³/mol. The SMILES string of the molecule is CCCCn1c(C)c(C)cc(NC(=O)c2ccc(F)cc2)c1=O. The third-order valence-electron chi connectivity index (χ3n) is 3.90. The molecule has 0 aliphatic rings. The van der Waals surface area contributed by atoms with Crippen molar-refractivity contribution in [2.45, 2.75) is 40.2 Å². The van der Waals surface area contributed by atoms with Crippen LogP contribution in [0.15, 0.2) is 35.1 Å². The fourth-order valence-corrected chi connectivity index (χ4v) is 2.36. The van der Waals surface area contributed by atoms with Crippen molar-refractivity contribution < 1.29 is 9.18 Å². The molecule has 1 aromatic carbocycles. The summed E-state index contributed by atoms with van der Waals surface area (Å²) in [5, 5.41) is 2.64. The van der Waals surface area contributed by atoms with E-state index in [1.165, 1.54) is 24.3 Å². The average Bonchev–Trinajstić information content (AvgIpc) is 2.53. The van der Waals surface area contributed by atoms with Crippen LogP contribution in [-0.2, 0) is 6.54 Å². The standard InChI is InChI=1S/C18H21FN2O2/c1-4-5-10-21-13(3)12(2)11-16(18(21)23)20-17(22)14-6-8-15(19)9-7-14/h6-9,11H,4-5,10H2,1-3H3,(H,20,22). The first-order chi connectivity index (χ1) is 10.9. The summed E-state index contributed by atoms with van der Waals surface area (Å²) in [5.74, 6) is -0.831. The van der Waals surface area contributed by atoms with Crippen molar-refractivity contribution in [3.05, 3.63) is 63.3 Å². The highest BCUT2D eigenvalue weighted by atomic mass is 19.1. The van der Waals surface area contributed by atoms with Crippen LogP contribution in [0.4, 0.5) is 10.1 Å². The minimum Gasteiger partial charge on any atom is -0.317 e. The maximum atomic E-state index is 12.9. The zero-order valence-corrected chi connectivity index (χ0v) is 13.6. The molecule has 2 rings (SSSR count). The van der Waals surface area contributed by atoms with Crippen molar-refractivity contribution >= 4 is 11.6 Å². The third-order valence-corrected chi connectivity index (χ3v) is 3.90. The number of halogens is 1. The Morgan fingerprint density at radius 1 is 1.22 bits per heavy atom. The van der Waals surface area contributed by atoms with E-state index >= 15 is 0 Å². The number of benzene rings is 1. The van der Waals surface area contributed by atoms with Crippen LogP contribution in [0.1, 0.15) is 41.4 Å². The van der Waals surface area contributed by atoms with E-state index in [2.05, 4.69) is 12.2 Å². The molecule has 0 radical (unpaired) electrons. The van der Waals surface area contributed by atoms with E-state index in [9.17, 15) is 14.0 Å². The Labute approximate surface area is 135 Å². The van der Waals surface area contributed by atoms with E-state index in [0.717, 1.165) is 24.1 Å². The van der Waals surface area contributed by atoms with Crippen LogP contribution in [0.5, 0.6) is 0 Å². The summed E-state index contributed by atoms with van der Waals surface area (Å²) in [7, 11) is 0. The number of nitrogens with one attached hydrogen (secondary N) is 1. The summed E-state index contributed by atoms with van der Waals surface area (Å²) in [6.07, 6.45) is 1.88. The Hall–Kier alpha value is -2.43. The number of unbranched alkanes of at least 4 members (excludes halogenated alkanes) is 1. The summed E-state index contributed by atoms with van der Waals surface area (Å²) in [5.41, 5.74) is 2.19. The summed E-state index contributed by atoms with van der Waals surface area (Å²) >= 11 is 0. The normalized spacial score (nSPS) is 10.6. The number of hydrogen-bond acceptors (Lipinski definition) is 2. The van der Waals surface area contributed by atoms with Crippen LogP contribution in [0.3, 0.4) is 0 Å². The molecule has 0 bridgehead atoms. The first-order valence-electron chi connectivity index (χ1n) is 7.72. The molecule has 122 valence electrons. The molecule has 23 heavy (non-hydrogen) atoms. The number of carbonyl (C=O) groups is 1. The molecule has 0 fully saturated rings. The lowest BCUT2D eigenvalue weighted by Gasteiger charge is -2.15. The predicted octanol–water partition coefficient (Wildman–Crippen LogP) is 3.66. The van der Waals surface area contributed by atoms with Crippen LogP contribution in [0.25, 0.3) is 0 Å². The largest absolute Gasteiger partial charge is 0.317 e. The number of aromatic nitrogens is 1. The van der Waals surface area contributed by atoms with E-state index in [1.54, 1.807) is 10.6 Å². The smallest absolute Gasteiger partial charge is 0.274 e. The van der Waals surface area contributed by atoms with Crippen molar-refractivity contribution in [2.75, 3.05) is 5.32 Å². The van der Waals surface area contributed by atoms with Crippen LogP contribution < -0.4 is 10.9 Å². The monoisotopic (exact) mass is 316 g/mol. The minimum absolute atomic E-state index is 0.211. The van der Waals surface area contributed by atoms with Gasteiger partial charge < -0.3 is 9.88 Å². The van der Waals surface area contributed by atoms with Gasteiger partial charge in [-0.05, 0) is 56.2 Å². The molecule has 0 aliphatic carbocycles. The number of aryl methyl sites for hydroxylation is 1. The molecule has 1 N–H and O–H groups in total. The Morgan fingerprint density at radius 3 is 2.48 bits per heavy atom. The number of nitrogens with zero attached hydrogens (tertiary/aromatic N) is 1. The fraction of sp³-hybridized carbons (Fsp3) is 0.333. The molecule has 1 amide bonds. The van der Waals surface area contributed by atoms with Crippen molar-refractivity contribution in [1.82, 2.24) is 4.57 Å². The molecule has 1 aromatic heterocycles. The van der Waals surface area contributed by atoms with Gasteiger partial charge in [-0.15, -0.1) is 0 Å². The van der Waals surface area contributed by atoms with Gasteiger partial charge in [-0.3, -0.25) is 9.59 Å². The molecule has 0 saturated carbocycles. The van der Waals surface area contributed by atoms with Crippen LogP contribution in [0, 0.1) is 19.7 Å². The number of carbonyl (C=O) groups excluding carboxylic acids is 1. The second-order valence-electron chi connectivity index (χ2n) is 5.60. The van der Waals surface area contributed by atoms with E-state index < -0.39 is 11.7 Å². The Kier molecular flexibility index (Phi) is 5.32. The molecular formula is C18H21FN2O2. The second-order valence-corrected chi connectivity index (χ2v) is 5.60. The van der Waals surface area contributed by atoms with Gasteiger partial charge in [0.05, 0.1) is 0 Å². The van der Waals surface area contributed by atoms with Gasteiger partial charge in [0.15, 0.2) is 0 Å². The van der Waals surface area contributed by atoms with Gasteiger partial charge in [-0.25, -0.2) is 4.39 Å². The van der Waals surface area contributed by atoms with Crippen LogP contribution in [0.2, 0.25) is 0 Å². The summed E-state index contributed by atoms with van der Waals surface area (Å²) in [6, 6.07) is 6.90. The molecule has 0 unspecified atom stereocenters. The number of amides is 1. The lowest BCUT2D eigenvalue weighted by Crippen LogP contribution is -2.28. The van der Waals surface area contributed by atoms with Gasteiger partial charge in [-0.2, -0.15) is 0 Å². The van der Waals surface area contributed by atoms with Crippen molar-refractivity contribution in [3.8, 4) is 0 Å². The first kappa shape index (κ1) is 16.9. The van der Waals surface area contributed by atoms with E-state index in [0.29, 0.717) is 12.1 Å². The number of rotatable bonds is 5. The maximum Gasteiger partial charge on any atom is 0.274 e. The van der Waals surface area contributed by atoms with E-state index in [4.69, 9.17) is 0 Å². The van der Waals surface area contributed by atoms with E-state index in [-0.39, 0.29) is 11.2 Å². The summed E-state index contributed by atoms with van der Waals surface area (Å²) in [4.78, 5) is 24.8. The molecule has 1 heterocycles. The average molecular weight is 316 g/mol. The summed E-state index contributed by atoms with van der Waals surface area (Å²) in [6.45, 7) is 6.50. The van der Waals surface area contributed by atoms with Crippen molar-refractivity contribution in [2.24, 2.45) is 0 Å². The topological polar surface area (TPSA) is 51.1 Å². The molecule has 4 nitrogen and oxygen atoms in total. The second kappa shape index (κ2) is 7.22. The highest BCUT2D eigenvalue weighted by Crippen LogP contribution is 2.13. The van der Waals surface area contributed by atoms with Crippen molar-refractivity contribution in [3.63, 3.8) is 0 Å². The third kappa shape index (κ3) is 3.86. The molecule has 0 atom stereocenters. The molecule has 2 aromatic rings. The number of anilines is 1. The van der Waals surface area contributed by atoms with Gasteiger partial charge in [-0.1, -0.05) is 13.3 Å². The quantitative estimate of drug-likeness (QED) is 0.915. The number of hydrogen-bond donors (Lipinski definition) is 1. The molecule has 0 saturated heterocycles. The Morgan fingerprint density at radius 2 is 1.87 bits per heavy atom. The molecule has 5 heteroatoms. The Bertz CT molecular complexity index is 764. The number of pyridine rings is 1. The molecule has 0 aliphatic heterocycles. The van der Waals surface area contributed by atoms with Gasteiger partial charge >= 0.3 is 0 Å². The van der Waals surface area contributed by atoms with Crippen LogP contribution >= 0.6 is 0 Å². The van der Waals surface area contributed by atoms with Crippen molar-refractivity contribution in [1.29, 1.82) is 0 Å². The fourth-order valence-electron chi connectivity index (χ4n) is 2.36.